The largest absolute Gasteiger partial charge is 0.330 e. The zero-order chi connectivity index (χ0) is 16.7. The summed E-state index contributed by atoms with van der Waals surface area (Å²) >= 11 is 0. The minimum Gasteiger partial charge on any atom is -0.330 e. The zero-order valence-corrected chi connectivity index (χ0v) is 13.0. The number of halogens is 2. The highest BCUT2D eigenvalue weighted by atomic mass is 19.3. The van der Waals surface area contributed by atoms with Crippen LogP contribution in [-0.2, 0) is 0 Å². The van der Waals surface area contributed by atoms with E-state index in [1.165, 1.54) is 24.8 Å². The van der Waals surface area contributed by atoms with Gasteiger partial charge in [0.1, 0.15) is 5.69 Å². The van der Waals surface area contributed by atoms with Gasteiger partial charge in [0.05, 0.1) is 11.6 Å². The minimum atomic E-state index is -2.62. The Morgan fingerprint density at radius 3 is 2.50 bits per heavy atom. The molecule has 6 heteroatoms. The molecule has 0 aromatic carbocycles. The van der Waals surface area contributed by atoms with Crippen molar-refractivity contribution in [3.05, 3.63) is 59.7 Å². The van der Waals surface area contributed by atoms with E-state index in [1.807, 2.05) is 17.0 Å². The average molecular weight is 329 g/mol. The highest BCUT2D eigenvalue weighted by molar-refractivity contribution is 5.95. The van der Waals surface area contributed by atoms with Crippen LogP contribution in [0.15, 0.2) is 42.9 Å². The number of rotatable bonds is 3. The van der Waals surface area contributed by atoms with Gasteiger partial charge in [-0.3, -0.25) is 14.8 Å². The normalized spacial score (nSPS) is 21.5. The Morgan fingerprint density at radius 1 is 1.21 bits per heavy atom. The van der Waals surface area contributed by atoms with Gasteiger partial charge in [-0.15, -0.1) is 0 Å². The number of hydrogen-bond donors (Lipinski definition) is 0. The van der Waals surface area contributed by atoms with Crippen molar-refractivity contribution in [1.82, 2.24) is 14.9 Å². The van der Waals surface area contributed by atoms with E-state index in [-0.39, 0.29) is 23.1 Å². The number of amides is 1. The van der Waals surface area contributed by atoms with Crippen LogP contribution in [0.5, 0.6) is 0 Å². The van der Waals surface area contributed by atoms with Crippen molar-refractivity contribution in [1.29, 1.82) is 0 Å². The molecule has 1 aliphatic heterocycles. The van der Waals surface area contributed by atoms with Gasteiger partial charge in [0.2, 0.25) is 0 Å². The lowest BCUT2D eigenvalue weighted by Crippen LogP contribution is -2.63. The van der Waals surface area contributed by atoms with Crippen LogP contribution in [-0.4, -0.2) is 27.3 Å². The number of pyridine rings is 2. The lowest BCUT2D eigenvalue weighted by atomic mass is 9.56. The number of likely N-dealkylation sites (tertiary alicyclic amines) is 1. The Bertz CT molecular complexity index is 745. The van der Waals surface area contributed by atoms with Gasteiger partial charge in [-0.25, -0.2) is 8.78 Å². The minimum absolute atomic E-state index is 0.0384. The molecule has 0 radical (unpaired) electrons. The Balaban J connectivity index is 1.60. The maximum Gasteiger partial charge on any atom is 0.280 e. The van der Waals surface area contributed by atoms with E-state index in [4.69, 9.17) is 0 Å². The number of alkyl halides is 2. The fourth-order valence-corrected chi connectivity index (χ4v) is 3.89. The number of carbonyl (C=O) groups is 1. The van der Waals surface area contributed by atoms with Crippen molar-refractivity contribution in [3.63, 3.8) is 0 Å². The summed E-state index contributed by atoms with van der Waals surface area (Å²) in [4.78, 5) is 22.4. The van der Waals surface area contributed by atoms with E-state index in [9.17, 15) is 13.6 Å². The predicted molar refractivity (Wildman–Crippen MR) is 83.5 cm³/mol. The maximum absolute atomic E-state index is 12.8. The molecule has 124 valence electrons. The first-order valence-electron chi connectivity index (χ1n) is 8.06. The monoisotopic (exact) mass is 329 g/mol. The molecular formula is C18H17F2N3O. The Kier molecular flexibility index (Phi) is 3.55. The van der Waals surface area contributed by atoms with Crippen molar-refractivity contribution in [2.75, 3.05) is 6.54 Å². The van der Waals surface area contributed by atoms with Crippen molar-refractivity contribution >= 4 is 5.91 Å². The first-order chi connectivity index (χ1) is 11.6. The van der Waals surface area contributed by atoms with E-state index in [0.717, 1.165) is 24.9 Å². The molecule has 1 aliphatic carbocycles. The average Bonchev–Trinajstić information content (AvgIpc) is 2.53. The van der Waals surface area contributed by atoms with Crippen molar-refractivity contribution in [3.8, 4) is 0 Å². The summed E-state index contributed by atoms with van der Waals surface area (Å²) in [5.41, 5.74) is 1.30. The summed E-state index contributed by atoms with van der Waals surface area (Å²) < 4.78 is 25.2. The molecule has 1 unspecified atom stereocenters. The van der Waals surface area contributed by atoms with Crippen molar-refractivity contribution < 1.29 is 13.6 Å². The van der Waals surface area contributed by atoms with Gasteiger partial charge in [0.15, 0.2) is 0 Å². The van der Waals surface area contributed by atoms with Gasteiger partial charge in [-0.05, 0) is 42.7 Å². The topological polar surface area (TPSA) is 46.1 Å². The number of nitrogens with zero attached hydrogens (tertiary/aromatic N) is 3. The van der Waals surface area contributed by atoms with Crippen LogP contribution in [0.25, 0.3) is 0 Å². The van der Waals surface area contributed by atoms with E-state index >= 15 is 0 Å². The zero-order valence-electron chi connectivity index (χ0n) is 13.0. The fraction of sp³-hybridized carbons (Fsp3) is 0.389. The molecule has 2 aromatic rings. The van der Waals surface area contributed by atoms with E-state index in [0.29, 0.717) is 5.56 Å². The van der Waals surface area contributed by atoms with Gasteiger partial charge in [0, 0.05) is 30.6 Å². The molecule has 3 heterocycles. The number of aromatic nitrogens is 2. The third-order valence-electron chi connectivity index (χ3n) is 5.27. The Labute approximate surface area is 138 Å². The molecular weight excluding hydrogens is 312 g/mol. The SMILES string of the molecule is O=C(c1ccc(C(F)F)nc1)N1CC2(CCC2)C1c1ccncc1. The smallest absolute Gasteiger partial charge is 0.280 e. The van der Waals surface area contributed by atoms with Crippen LogP contribution in [0, 0.1) is 5.41 Å². The lowest BCUT2D eigenvalue weighted by Gasteiger charge is -2.62. The third-order valence-corrected chi connectivity index (χ3v) is 5.27. The van der Waals surface area contributed by atoms with Crippen LogP contribution in [0.4, 0.5) is 8.78 Å². The molecule has 0 bridgehead atoms. The molecule has 4 rings (SSSR count). The molecule has 1 amide bonds. The first-order valence-corrected chi connectivity index (χ1v) is 8.06. The third kappa shape index (κ3) is 2.28. The summed E-state index contributed by atoms with van der Waals surface area (Å²) in [6.45, 7) is 0.718. The highest BCUT2D eigenvalue weighted by Crippen LogP contribution is 2.60. The van der Waals surface area contributed by atoms with Gasteiger partial charge < -0.3 is 4.90 Å². The standard InChI is InChI=1S/C18H17F2N3O/c19-16(20)14-3-2-13(10-22-14)17(24)23-11-18(6-1-7-18)15(23)12-4-8-21-9-5-12/h2-5,8-10,15-16H,1,6-7,11H2. The van der Waals surface area contributed by atoms with Crippen LogP contribution < -0.4 is 0 Å². The molecule has 1 atom stereocenters. The van der Waals surface area contributed by atoms with E-state index in [2.05, 4.69) is 9.97 Å². The second-order valence-corrected chi connectivity index (χ2v) is 6.60. The van der Waals surface area contributed by atoms with Gasteiger partial charge in [-0.2, -0.15) is 0 Å². The van der Waals surface area contributed by atoms with Gasteiger partial charge in [-0.1, -0.05) is 6.42 Å². The quantitative estimate of drug-likeness (QED) is 0.861. The molecule has 0 N–H and O–H groups in total. The Hall–Kier alpha value is -2.37. The number of hydrogen-bond acceptors (Lipinski definition) is 3. The van der Waals surface area contributed by atoms with Gasteiger partial charge in [0.25, 0.3) is 12.3 Å². The lowest BCUT2D eigenvalue weighted by molar-refractivity contribution is -0.105. The molecule has 1 spiro atoms. The summed E-state index contributed by atoms with van der Waals surface area (Å²) in [6.07, 6.45) is 5.52. The van der Waals surface area contributed by atoms with Crippen LogP contribution >= 0.6 is 0 Å². The predicted octanol–water partition coefficient (Wildman–Crippen LogP) is 3.78. The van der Waals surface area contributed by atoms with Crippen LogP contribution in [0.2, 0.25) is 0 Å². The van der Waals surface area contributed by atoms with Crippen molar-refractivity contribution in [2.45, 2.75) is 31.7 Å². The van der Waals surface area contributed by atoms with Crippen LogP contribution in [0.1, 0.15) is 53.3 Å². The van der Waals surface area contributed by atoms with E-state index in [1.54, 1.807) is 12.4 Å². The summed E-state index contributed by atoms with van der Waals surface area (Å²) in [6, 6.07) is 6.59. The molecule has 2 aliphatic rings. The molecule has 2 aromatic heterocycles. The molecule has 24 heavy (non-hydrogen) atoms. The highest BCUT2D eigenvalue weighted by Gasteiger charge is 2.57. The molecule has 1 saturated carbocycles. The second-order valence-electron chi connectivity index (χ2n) is 6.60. The summed E-state index contributed by atoms with van der Waals surface area (Å²) in [5, 5.41) is 0. The van der Waals surface area contributed by atoms with Crippen LogP contribution in [0.3, 0.4) is 0 Å². The molecule has 4 nitrogen and oxygen atoms in total. The fourth-order valence-electron chi connectivity index (χ4n) is 3.89. The molecule has 2 fully saturated rings. The van der Waals surface area contributed by atoms with Crippen molar-refractivity contribution in [2.24, 2.45) is 5.41 Å². The summed E-state index contributed by atoms with van der Waals surface area (Å²) in [7, 11) is 0. The number of carbonyl (C=O) groups excluding carboxylic acids is 1. The Morgan fingerprint density at radius 2 is 1.96 bits per heavy atom. The second kappa shape index (κ2) is 5.61. The maximum atomic E-state index is 12.8. The van der Waals surface area contributed by atoms with E-state index < -0.39 is 6.43 Å². The first kappa shape index (κ1) is 15.2. The summed E-state index contributed by atoms with van der Waals surface area (Å²) in [5.74, 6) is -0.150. The molecule has 1 saturated heterocycles. The van der Waals surface area contributed by atoms with Gasteiger partial charge >= 0.3 is 0 Å².